The third-order valence-corrected chi connectivity index (χ3v) is 6.06. The lowest BCUT2D eigenvalue weighted by Crippen LogP contribution is -2.50. The molecule has 0 atom stereocenters. The monoisotopic (exact) mass is 366 g/mol. The van der Waals surface area contributed by atoms with Crippen molar-refractivity contribution in [3.05, 3.63) is 0 Å². The molecule has 0 aliphatic carbocycles. The van der Waals surface area contributed by atoms with Gasteiger partial charge >= 0.3 is 5.97 Å². The maximum Gasteiger partial charge on any atom is 0.319 e. The molecule has 3 fully saturated rings. The molecule has 0 radical (unpaired) electrons. The maximum atomic E-state index is 11.9. The first-order valence-corrected chi connectivity index (χ1v) is 10.2. The molecule has 0 aromatic carbocycles. The van der Waals surface area contributed by atoms with Crippen LogP contribution in [-0.4, -0.2) is 98.1 Å². The molecular formula is C19H34N4O3. The van der Waals surface area contributed by atoms with Gasteiger partial charge in [-0.25, -0.2) is 0 Å². The second kappa shape index (κ2) is 9.67. The second-order valence-electron chi connectivity index (χ2n) is 7.93. The van der Waals surface area contributed by atoms with Crippen LogP contribution in [0.3, 0.4) is 0 Å². The van der Waals surface area contributed by atoms with Crippen molar-refractivity contribution in [2.24, 2.45) is 0 Å². The van der Waals surface area contributed by atoms with Gasteiger partial charge in [0.1, 0.15) is 6.61 Å². The van der Waals surface area contributed by atoms with E-state index in [9.17, 15) is 9.59 Å². The first-order valence-electron chi connectivity index (χ1n) is 10.2. The number of esters is 1. The first kappa shape index (κ1) is 19.6. The van der Waals surface area contributed by atoms with Crippen LogP contribution in [0, 0.1) is 0 Å². The van der Waals surface area contributed by atoms with E-state index in [1.54, 1.807) is 4.90 Å². The number of likely N-dealkylation sites (tertiary alicyclic amines) is 3. The molecule has 0 bridgehead atoms. The lowest BCUT2D eigenvalue weighted by atomic mass is 9.98. The molecule has 3 aliphatic heterocycles. The van der Waals surface area contributed by atoms with Crippen molar-refractivity contribution in [2.75, 3.05) is 59.5 Å². The zero-order chi connectivity index (χ0) is 18.4. The Balaban J connectivity index is 1.25. The van der Waals surface area contributed by atoms with Crippen molar-refractivity contribution in [3.8, 4) is 0 Å². The van der Waals surface area contributed by atoms with Crippen LogP contribution in [0.25, 0.3) is 0 Å². The highest BCUT2D eigenvalue weighted by molar-refractivity contribution is 5.78. The molecule has 1 N–H and O–H groups in total. The van der Waals surface area contributed by atoms with Crippen molar-refractivity contribution in [2.45, 2.75) is 50.6 Å². The summed E-state index contributed by atoms with van der Waals surface area (Å²) >= 11 is 0. The molecule has 0 spiro atoms. The molecule has 7 heteroatoms. The van der Waals surface area contributed by atoms with Crippen molar-refractivity contribution in [3.63, 3.8) is 0 Å². The Kier molecular flexibility index (Phi) is 7.28. The number of carbonyl (C=O) groups excluding carboxylic acids is 2. The van der Waals surface area contributed by atoms with Crippen LogP contribution in [0.5, 0.6) is 0 Å². The van der Waals surface area contributed by atoms with Gasteiger partial charge in [-0.05, 0) is 65.3 Å². The van der Waals surface area contributed by atoms with Crippen molar-refractivity contribution >= 4 is 11.9 Å². The van der Waals surface area contributed by atoms with Gasteiger partial charge in [0, 0.05) is 25.0 Å². The Morgan fingerprint density at radius 1 is 1.12 bits per heavy atom. The summed E-state index contributed by atoms with van der Waals surface area (Å²) in [6, 6.07) is 1.15. The van der Waals surface area contributed by atoms with Crippen molar-refractivity contribution in [1.82, 2.24) is 20.0 Å². The predicted octanol–water partition coefficient (Wildman–Crippen LogP) is 0.300. The number of nitrogens with one attached hydrogen (secondary N) is 1. The molecule has 0 saturated carbocycles. The molecule has 7 nitrogen and oxygen atoms in total. The van der Waals surface area contributed by atoms with Crippen LogP contribution >= 0.6 is 0 Å². The lowest BCUT2D eigenvalue weighted by Gasteiger charge is -2.41. The minimum atomic E-state index is -0.214. The fourth-order valence-electron chi connectivity index (χ4n) is 4.32. The Morgan fingerprint density at radius 3 is 2.50 bits per heavy atom. The Hall–Kier alpha value is -1.18. The zero-order valence-electron chi connectivity index (χ0n) is 16.1. The number of piperidine rings is 2. The van der Waals surface area contributed by atoms with Crippen LogP contribution in [0.1, 0.15) is 38.5 Å². The summed E-state index contributed by atoms with van der Waals surface area (Å²) in [5.74, 6) is -0.0371. The third-order valence-electron chi connectivity index (χ3n) is 6.06. The van der Waals surface area contributed by atoms with Gasteiger partial charge in [-0.1, -0.05) is 0 Å². The summed E-state index contributed by atoms with van der Waals surface area (Å²) in [4.78, 5) is 30.2. The molecule has 0 aromatic heterocycles. The first-order chi connectivity index (χ1) is 12.6. The van der Waals surface area contributed by atoms with Crippen molar-refractivity contribution < 1.29 is 14.3 Å². The Bertz CT molecular complexity index is 471. The van der Waals surface area contributed by atoms with Gasteiger partial charge in [0.05, 0.1) is 13.1 Å². The van der Waals surface area contributed by atoms with E-state index in [2.05, 4.69) is 22.2 Å². The Labute approximate surface area is 157 Å². The summed E-state index contributed by atoms with van der Waals surface area (Å²) in [7, 11) is 2.20. The van der Waals surface area contributed by atoms with Crippen LogP contribution in [-0.2, 0) is 14.3 Å². The highest BCUT2D eigenvalue weighted by Crippen LogP contribution is 2.20. The number of nitrogens with zero attached hydrogens (tertiary/aromatic N) is 3. The van der Waals surface area contributed by atoms with E-state index >= 15 is 0 Å². The maximum absolute atomic E-state index is 11.9. The van der Waals surface area contributed by atoms with E-state index < -0.39 is 0 Å². The molecular weight excluding hydrogens is 332 g/mol. The summed E-state index contributed by atoms with van der Waals surface area (Å²) in [6.07, 6.45) is 6.31. The normalized spacial score (nSPS) is 24.3. The van der Waals surface area contributed by atoms with Crippen LogP contribution in [0.2, 0.25) is 0 Å². The fraction of sp³-hybridized carbons (Fsp3) is 0.895. The Morgan fingerprint density at radius 2 is 1.85 bits per heavy atom. The second-order valence-corrected chi connectivity index (χ2v) is 7.93. The number of rotatable bonds is 7. The van der Waals surface area contributed by atoms with Gasteiger partial charge in [0.2, 0.25) is 5.91 Å². The molecule has 0 aromatic rings. The number of hydrogen-bond donors (Lipinski definition) is 1. The van der Waals surface area contributed by atoms with Gasteiger partial charge in [-0.3, -0.25) is 9.59 Å². The van der Waals surface area contributed by atoms with E-state index in [1.165, 1.54) is 25.9 Å². The van der Waals surface area contributed by atoms with Crippen LogP contribution < -0.4 is 5.32 Å². The van der Waals surface area contributed by atoms with Gasteiger partial charge < -0.3 is 24.8 Å². The quantitative estimate of drug-likeness (QED) is 0.654. The van der Waals surface area contributed by atoms with Gasteiger partial charge in [0.25, 0.3) is 0 Å². The van der Waals surface area contributed by atoms with Crippen LogP contribution in [0.4, 0.5) is 0 Å². The highest BCUT2D eigenvalue weighted by Gasteiger charge is 2.27. The average molecular weight is 367 g/mol. The van der Waals surface area contributed by atoms with E-state index in [0.717, 1.165) is 44.9 Å². The minimum Gasteiger partial charge on any atom is -0.463 e. The molecule has 3 aliphatic rings. The van der Waals surface area contributed by atoms with Crippen molar-refractivity contribution in [1.29, 1.82) is 0 Å². The number of ether oxygens (including phenoxy) is 1. The van der Waals surface area contributed by atoms with Gasteiger partial charge in [-0.15, -0.1) is 0 Å². The minimum absolute atomic E-state index is 0.176. The van der Waals surface area contributed by atoms with E-state index in [-0.39, 0.29) is 18.4 Å². The van der Waals surface area contributed by atoms with E-state index in [1.807, 2.05) is 0 Å². The van der Waals surface area contributed by atoms with E-state index in [0.29, 0.717) is 25.6 Å². The van der Waals surface area contributed by atoms with Gasteiger partial charge in [-0.2, -0.15) is 0 Å². The molecule has 1 amide bonds. The highest BCUT2D eigenvalue weighted by atomic mass is 16.5. The van der Waals surface area contributed by atoms with Crippen LogP contribution in [0.15, 0.2) is 0 Å². The summed E-state index contributed by atoms with van der Waals surface area (Å²) < 4.78 is 5.26. The SMILES string of the molecule is CN1CCC(N2CCC(NCC(=O)OCCN3CCCC3=O)CC2)CC1. The largest absolute Gasteiger partial charge is 0.463 e. The molecule has 3 saturated heterocycles. The predicted molar refractivity (Wildman–Crippen MR) is 99.9 cm³/mol. The average Bonchev–Trinajstić information content (AvgIpc) is 3.06. The van der Waals surface area contributed by atoms with Gasteiger partial charge in [0.15, 0.2) is 0 Å². The standard InChI is InChI=1S/C19H34N4O3/c1-21-9-6-17(7-10-21)22-11-4-16(5-12-22)20-15-19(25)26-14-13-23-8-2-3-18(23)24/h16-17,20H,2-15H2,1H3. The molecule has 26 heavy (non-hydrogen) atoms. The smallest absolute Gasteiger partial charge is 0.319 e. The summed E-state index contributed by atoms with van der Waals surface area (Å²) in [5, 5.41) is 3.35. The third kappa shape index (κ3) is 5.66. The summed E-state index contributed by atoms with van der Waals surface area (Å²) in [5.41, 5.74) is 0. The lowest BCUT2D eigenvalue weighted by molar-refractivity contribution is -0.144. The molecule has 148 valence electrons. The van der Waals surface area contributed by atoms with E-state index in [4.69, 9.17) is 4.74 Å². The topological polar surface area (TPSA) is 65.1 Å². The number of hydrogen-bond acceptors (Lipinski definition) is 6. The number of carbonyl (C=O) groups is 2. The molecule has 0 unspecified atom stereocenters. The molecule has 3 heterocycles. The summed E-state index contributed by atoms with van der Waals surface area (Å²) in [6.45, 7) is 6.56. The number of amides is 1. The molecule has 3 rings (SSSR count). The zero-order valence-corrected chi connectivity index (χ0v) is 16.1. The fourth-order valence-corrected chi connectivity index (χ4v) is 4.32.